The second kappa shape index (κ2) is 4.05. The molecule has 0 bridgehead atoms. The molecule has 92 valence electrons. The molecule has 2 atom stereocenters. The molecule has 0 unspecified atom stereocenters. The van der Waals surface area contributed by atoms with Gasteiger partial charge in [0, 0.05) is 11.6 Å². The highest BCUT2D eigenvalue weighted by Crippen LogP contribution is 2.38. The molecule has 1 fully saturated rings. The molecule has 0 aromatic heterocycles. The van der Waals surface area contributed by atoms with Crippen molar-refractivity contribution < 1.29 is 18.0 Å². The fourth-order valence-electron chi connectivity index (χ4n) is 1.70. The van der Waals surface area contributed by atoms with Crippen LogP contribution in [0.1, 0.15) is 18.9 Å². The fraction of sp³-hybridized carbons (Fsp3) is 0.417. The van der Waals surface area contributed by atoms with E-state index >= 15 is 0 Å². The first-order chi connectivity index (χ1) is 7.88. The second-order valence-corrected chi connectivity index (χ2v) is 4.39. The zero-order valence-electron chi connectivity index (χ0n) is 9.21. The lowest BCUT2D eigenvalue weighted by atomic mass is 10.2. The van der Waals surface area contributed by atoms with Gasteiger partial charge in [0.2, 0.25) is 5.91 Å². The molecule has 2 nitrogen and oxygen atoms in total. The van der Waals surface area contributed by atoms with Crippen molar-refractivity contribution in [2.75, 3.05) is 5.32 Å². The number of hydrogen-bond donors (Lipinski definition) is 1. The zero-order valence-corrected chi connectivity index (χ0v) is 9.21. The van der Waals surface area contributed by atoms with Gasteiger partial charge >= 0.3 is 6.18 Å². The molecular weight excluding hydrogens is 231 g/mol. The number of hydrogen-bond acceptors (Lipinski definition) is 1. The Balaban J connectivity index is 2.09. The minimum atomic E-state index is -4.38. The van der Waals surface area contributed by atoms with E-state index in [4.69, 9.17) is 0 Å². The van der Waals surface area contributed by atoms with Crippen molar-refractivity contribution in [2.24, 2.45) is 11.8 Å². The third-order valence-electron chi connectivity index (χ3n) is 2.90. The van der Waals surface area contributed by atoms with E-state index in [9.17, 15) is 18.0 Å². The molecule has 2 rings (SSSR count). The lowest BCUT2D eigenvalue weighted by Crippen LogP contribution is -2.15. The summed E-state index contributed by atoms with van der Waals surface area (Å²) in [7, 11) is 0. The molecular formula is C12H12F3NO. The first kappa shape index (κ1) is 12.0. The molecule has 0 saturated heterocycles. The molecule has 1 aromatic rings. The van der Waals surface area contributed by atoms with E-state index in [0.29, 0.717) is 5.92 Å². The van der Waals surface area contributed by atoms with Gasteiger partial charge in [-0.3, -0.25) is 4.79 Å². The maximum atomic E-state index is 12.4. The van der Waals surface area contributed by atoms with Gasteiger partial charge < -0.3 is 5.32 Å². The summed E-state index contributed by atoms with van der Waals surface area (Å²) < 4.78 is 37.3. The highest BCUT2D eigenvalue weighted by molar-refractivity contribution is 5.94. The predicted molar refractivity (Wildman–Crippen MR) is 57.3 cm³/mol. The molecule has 0 aliphatic heterocycles. The topological polar surface area (TPSA) is 29.1 Å². The fourth-order valence-corrected chi connectivity index (χ4v) is 1.70. The zero-order chi connectivity index (χ0) is 12.6. The van der Waals surface area contributed by atoms with Crippen LogP contribution in [0.5, 0.6) is 0 Å². The predicted octanol–water partition coefficient (Wildman–Crippen LogP) is 3.30. The quantitative estimate of drug-likeness (QED) is 0.848. The third kappa shape index (κ3) is 2.78. The molecule has 17 heavy (non-hydrogen) atoms. The van der Waals surface area contributed by atoms with E-state index in [1.54, 1.807) is 0 Å². The normalized spacial score (nSPS) is 23.3. The number of carbonyl (C=O) groups is 1. The number of amides is 1. The van der Waals surface area contributed by atoms with Crippen molar-refractivity contribution in [3.8, 4) is 0 Å². The summed E-state index contributed by atoms with van der Waals surface area (Å²) in [6.45, 7) is 1.94. The summed E-state index contributed by atoms with van der Waals surface area (Å²) in [6.07, 6.45) is -3.57. The van der Waals surface area contributed by atoms with Gasteiger partial charge in [-0.1, -0.05) is 13.0 Å². The van der Waals surface area contributed by atoms with Crippen LogP contribution in [0, 0.1) is 11.8 Å². The van der Waals surface area contributed by atoms with E-state index in [1.807, 2.05) is 6.92 Å². The maximum absolute atomic E-state index is 12.4. The molecule has 1 N–H and O–H groups in total. The highest BCUT2D eigenvalue weighted by Gasteiger charge is 2.39. The van der Waals surface area contributed by atoms with Crippen LogP contribution in [-0.4, -0.2) is 5.91 Å². The van der Waals surface area contributed by atoms with Crippen LogP contribution < -0.4 is 5.32 Å². The minimum absolute atomic E-state index is 0.0513. The van der Waals surface area contributed by atoms with Crippen molar-refractivity contribution in [2.45, 2.75) is 19.5 Å². The Morgan fingerprint density at radius 3 is 2.59 bits per heavy atom. The summed E-state index contributed by atoms with van der Waals surface area (Å²) in [5.74, 6) is 0.0853. The molecule has 0 heterocycles. The average Bonchev–Trinajstić information content (AvgIpc) is 2.95. The summed E-state index contributed by atoms with van der Waals surface area (Å²) in [5, 5.41) is 2.51. The van der Waals surface area contributed by atoms with Gasteiger partial charge in [0.1, 0.15) is 0 Å². The van der Waals surface area contributed by atoms with Crippen molar-refractivity contribution >= 4 is 11.6 Å². The number of benzene rings is 1. The number of rotatable bonds is 2. The van der Waals surface area contributed by atoms with E-state index in [2.05, 4.69) is 5.32 Å². The first-order valence-electron chi connectivity index (χ1n) is 5.36. The van der Waals surface area contributed by atoms with Crippen LogP contribution >= 0.6 is 0 Å². The Bertz CT molecular complexity index is 442. The Morgan fingerprint density at radius 1 is 1.41 bits per heavy atom. The summed E-state index contributed by atoms with van der Waals surface area (Å²) in [6, 6.07) is 4.68. The van der Waals surface area contributed by atoms with E-state index in [0.717, 1.165) is 18.6 Å². The minimum Gasteiger partial charge on any atom is -0.326 e. The second-order valence-electron chi connectivity index (χ2n) is 4.39. The summed E-state index contributed by atoms with van der Waals surface area (Å²) in [4.78, 5) is 11.6. The van der Waals surface area contributed by atoms with Gasteiger partial charge in [-0.2, -0.15) is 13.2 Å². The van der Waals surface area contributed by atoms with Crippen molar-refractivity contribution in [3.05, 3.63) is 29.8 Å². The van der Waals surface area contributed by atoms with E-state index in [1.165, 1.54) is 12.1 Å². The summed E-state index contributed by atoms with van der Waals surface area (Å²) in [5.41, 5.74) is -0.553. The molecule has 1 aliphatic rings. The molecule has 1 aromatic carbocycles. The first-order valence-corrected chi connectivity index (χ1v) is 5.36. The van der Waals surface area contributed by atoms with Crippen LogP contribution in [0.3, 0.4) is 0 Å². The maximum Gasteiger partial charge on any atom is 0.416 e. The van der Waals surface area contributed by atoms with Crippen molar-refractivity contribution in [3.63, 3.8) is 0 Å². The monoisotopic (exact) mass is 243 g/mol. The van der Waals surface area contributed by atoms with Gasteiger partial charge in [-0.15, -0.1) is 0 Å². The van der Waals surface area contributed by atoms with Gasteiger partial charge in [-0.05, 0) is 30.5 Å². The molecule has 1 amide bonds. The SMILES string of the molecule is C[C@@H]1C[C@H]1C(=O)Nc1cccc(C(F)(F)F)c1. The van der Waals surface area contributed by atoms with E-state index < -0.39 is 11.7 Å². The number of nitrogens with one attached hydrogen (secondary N) is 1. The number of alkyl halides is 3. The number of carbonyl (C=O) groups excluding carboxylic acids is 1. The molecule has 0 spiro atoms. The van der Waals surface area contributed by atoms with Crippen molar-refractivity contribution in [1.29, 1.82) is 0 Å². The number of halogens is 3. The largest absolute Gasteiger partial charge is 0.416 e. The number of anilines is 1. The highest BCUT2D eigenvalue weighted by atomic mass is 19.4. The van der Waals surface area contributed by atoms with Crippen LogP contribution in [0.2, 0.25) is 0 Å². The van der Waals surface area contributed by atoms with Gasteiger partial charge in [0.15, 0.2) is 0 Å². The smallest absolute Gasteiger partial charge is 0.326 e. The van der Waals surface area contributed by atoms with Gasteiger partial charge in [-0.25, -0.2) is 0 Å². The van der Waals surface area contributed by atoms with E-state index in [-0.39, 0.29) is 17.5 Å². The molecule has 5 heteroatoms. The van der Waals surface area contributed by atoms with Crippen LogP contribution in [-0.2, 0) is 11.0 Å². The molecule has 0 radical (unpaired) electrons. The van der Waals surface area contributed by atoms with Crippen LogP contribution in [0.4, 0.5) is 18.9 Å². The Morgan fingerprint density at radius 2 is 2.06 bits per heavy atom. The molecule has 1 saturated carbocycles. The Labute approximate surface area is 96.8 Å². The van der Waals surface area contributed by atoms with Gasteiger partial charge in [0.05, 0.1) is 5.56 Å². The third-order valence-corrected chi connectivity index (χ3v) is 2.90. The molecule has 1 aliphatic carbocycles. The lowest BCUT2D eigenvalue weighted by Gasteiger charge is -2.09. The standard InChI is InChI=1S/C12H12F3NO/c1-7-5-10(7)11(17)16-9-4-2-3-8(6-9)12(13,14)15/h2-4,6-7,10H,5H2,1H3,(H,16,17)/t7-,10-/m1/s1. The average molecular weight is 243 g/mol. The van der Waals surface area contributed by atoms with Crippen LogP contribution in [0.15, 0.2) is 24.3 Å². The summed E-state index contributed by atoms with van der Waals surface area (Å²) >= 11 is 0. The van der Waals surface area contributed by atoms with Crippen LogP contribution in [0.25, 0.3) is 0 Å². The Kier molecular flexibility index (Phi) is 2.85. The van der Waals surface area contributed by atoms with Crippen molar-refractivity contribution in [1.82, 2.24) is 0 Å². The van der Waals surface area contributed by atoms with Gasteiger partial charge in [0.25, 0.3) is 0 Å². The lowest BCUT2D eigenvalue weighted by molar-refractivity contribution is -0.137. The Hall–Kier alpha value is -1.52.